The van der Waals surface area contributed by atoms with E-state index < -0.39 is 0 Å². The lowest BCUT2D eigenvalue weighted by Gasteiger charge is -2.08. The van der Waals surface area contributed by atoms with Gasteiger partial charge in [0.2, 0.25) is 0 Å². The van der Waals surface area contributed by atoms with E-state index >= 15 is 0 Å². The zero-order valence-corrected chi connectivity index (χ0v) is 12.8. The predicted octanol–water partition coefficient (Wildman–Crippen LogP) is 5.18. The van der Waals surface area contributed by atoms with Crippen LogP contribution < -0.4 is 5.46 Å². The fourth-order valence-corrected chi connectivity index (χ4v) is 4.21. The van der Waals surface area contributed by atoms with Crippen LogP contribution in [0.15, 0.2) is 71.1 Å². The van der Waals surface area contributed by atoms with Crippen molar-refractivity contribution in [3.8, 4) is 22.3 Å². The van der Waals surface area contributed by atoms with Crippen LogP contribution in [-0.2, 0) is 0 Å². The molecule has 5 aromatic rings. The molecular weight excluding hydrogens is 291 g/mol. The monoisotopic (exact) mass is 302 g/mol. The van der Waals surface area contributed by atoms with Gasteiger partial charge in [-0.2, -0.15) is 0 Å². The van der Waals surface area contributed by atoms with E-state index in [-0.39, 0.29) is 0 Å². The zero-order valence-electron chi connectivity index (χ0n) is 12.8. The predicted molar refractivity (Wildman–Crippen MR) is 101 cm³/mol. The Balaban J connectivity index is 2.02. The molecule has 6 rings (SSSR count). The molecule has 1 heterocycles. The summed E-state index contributed by atoms with van der Waals surface area (Å²) in [5.74, 6) is 0. The van der Waals surface area contributed by atoms with Gasteiger partial charge in [-0.05, 0) is 39.0 Å². The van der Waals surface area contributed by atoms with E-state index in [0.717, 1.165) is 32.8 Å². The van der Waals surface area contributed by atoms with Gasteiger partial charge in [0.05, 0.1) is 0 Å². The Morgan fingerprint density at radius 1 is 0.625 bits per heavy atom. The van der Waals surface area contributed by atoms with Gasteiger partial charge in [-0.15, -0.1) is 0 Å². The third kappa shape index (κ3) is 1.29. The zero-order chi connectivity index (χ0) is 15.8. The second-order valence-corrected chi connectivity index (χ2v) is 6.36. The van der Waals surface area contributed by atoms with Crippen molar-refractivity contribution in [2.24, 2.45) is 0 Å². The van der Waals surface area contributed by atoms with Gasteiger partial charge in [0.1, 0.15) is 19.0 Å². The molecule has 1 aliphatic carbocycles. The molecule has 4 aromatic carbocycles. The summed E-state index contributed by atoms with van der Waals surface area (Å²) >= 11 is 0. The SMILES string of the molecule is [B]c1c2cccc3c2c(c2c1oc1ccccc12)-c1ccccc1-3. The van der Waals surface area contributed by atoms with Crippen molar-refractivity contribution in [3.63, 3.8) is 0 Å². The first-order valence-corrected chi connectivity index (χ1v) is 8.10. The average Bonchev–Trinajstić information content (AvgIpc) is 3.17. The maximum Gasteiger partial charge on any atom is 0.135 e. The van der Waals surface area contributed by atoms with Crippen LogP contribution in [0.2, 0.25) is 0 Å². The lowest BCUT2D eigenvalue weighted by Crippen LogP contribution is -2.05. The van der Waals surface area contributed by atoms with Gasteiger partial charge in [0.25, 0.3) is 0 Å². The van der Waals surface area contributed by atoms with Gasteiger partial charge >= 0.3 is 0 Å². The molecule has 24 heavy (non-hydrogen) atoms. The summed E-state index contributed by atoms with van der Waals surface area (Å²) in [6.07, 6.45) is 0. The summed E-state index contributed by atoms with van der Waals surface area (Å²) in [6, 6.07) is 23.1. The minimum absolute atomic E-state index is 0.731. The summed E-state index contributed by atoms with van der Waals surface area (Å²) in [7, 11) is 6.53. The van der Waals surface area contributed by atoms with E-state index in [2.05, 4.69) is 54.6 Å². The van der Waals surface area contributed by atoms with Crippen LogP contribution in [0, 0.1) is 0 Å². The molecule has 1 aromatic heterocycles. The third-order valence-corrected chi connectivity index (χ3v) is 5.18. The molecule has 0 saturated carbocycles. The minimum atomic E-state index is 0.731. The quantitative estimate of drug-likeness (QED) is 0.352. The van der Waals surface area contributed by atoms with E-state index in [1.165, 1.54) is 27.6 Å². The van der Waals surface area contributed by atoms with Crippen molar-refractivity contribution in [2.75, 3.05) is 0 Å². The Morgan fingerprint density at radius 3 is 2.25 bits per heavy atom. The number of hydrogen-bond acceptors (Lipinski definition) is 1. The first kappa shape index (κ1) is 12.4. The highest BCUT2D eigenvalue weighted by molar-refractivity contribution is 6.48. The van der Waals surface area contributed by atoms with Gasteiger partial charge in [-0.25, -0.2) is 0 Å². The second-order valence-electron chi connectivity index (χ2n) is 6.36. The normalized spacial score (nSPS) is 12.3. The molecule has 0 fully saturated rings. The number of hydrogen-bond donors (Lipinski definition) is 0. The summed E-state index contributed by atoms with van der Waals surface area (Å²) in [5.41, 5.74) is 7.47. The van der Waals surface area contributed by atoms with Gasteiger partial charge in [0.15, 0.2) is 0 Å². The number of benzene rings is 4. The Labute approximate surface area is 139 Å². The lowest BCUT2D eigenvalue weighted by molar-refractivity contribution is 0.672. The van der Waals surface area contributed by atoms with Gasteiger partial charge in [-0.3, -0.25) is 0 Å². The summed E-state index contributed by atoms with van der Waals surface area (Å²) in [4.78, 5) is 0. The molecule has 0 bridgehead atoms. The highest BCUT2D eigenvalue weighted by Gasteiger charge is 2.26. The molecule has 0 N–H and O–H groups in total. The Morgan fingerprint density at radius 2 is 1.33 bits per heavy atom. The van der Waals surface area contributed by atoms with Crippen molar-refractivity contribution in [3.05, 3.63) is 66.7 Å². The van der Waals surface area contributed by atoms with E-state index in [1.807, 2.05) is 12.1 Å². The summed E-state index contributed by atoms with van der Waals surface area (Å²) in [5, 5.41) is 4.58. The standard InChI is InChI=1S/C22H11BO/c23-21-16-10-5-9-13-12-6-1-2-7-14(12)19(18(13)16)20-15-8-3-4-11-17(15)24-22(20)21/h1-11H. The van der Waals surface area contributed by atoms with Crippen LogP contribution in [0.3, 0.4) is 0 Å². The number of fused-ring (bicyclic) bond motifs is 7. The topological polar surface area (TPSA) is 13.1 Å². The smallest absolute Gasteiger partial charge is 0.135 e. The van der Waals surface area contributed by atoms with Crippen LogP contribution >= 0.6 is 0 Å². The first-order chi connectivity index (χ1) is 11.8. The Hall–Kier alpha value is -3.00. The van der Waals surface area contributed by atoms with Crippen molar-refractivity contribution in [1.82, 2.24) is 0 Å². The molecule has 0 aliphatic heterocycles. The molecule has 0 unspecified atom stereocenters. The highest BCUT2D eigenvalue weighted by atomic mass is 16.3. The number of furan rings is 1. The van der Waals surface area contributed by atoms with Crippen LogP contribution in [0.4, 0.5) is 0 Å². The molecular formula is C22H11BO. The van der Waals surface area contributed by atoms with Crippen molar-refractivity contribution in [2.45, 2.75) is 0 Å². The average molecular weight is 302 g/mol. The Bertz CT molecular complexity index is 1310. The number of para-hydroxylation sites is 1. The van der Waals surface area contributed by atoms with Crippen LogP contribution in [-0.4, -0.2) is 7.85 Å². The van der Waals surface area contributed by atoms with E-state index in [9.17, 15) is 0 Å². The second kappa shape index (κ2) is 4.10. The van der Waals surface area contributed by atoms with Crippen molar-refractivity contribution >= 4 is 46.0 Å². The third-order valence-electron chi connectivity index (χ3n) is 5.18. The number of rotatable bonds is 0. The summed E-state index contributed by atoms with van der Waals surface area (Å²) < 4.78 is 6.15. The molecule has 0 atom stereocenters. The fourth-order valence-electron chi connectivity index (χ4n) is 4.21. The minimum Gasteiger partial charge on any atom is -0.457 e. The van der Waals surface area contributed by atoms with E-state index in [1.54, 1.807) is 0 Å². The van der Waals surface area contributed by atoms with Crippen molar-refractivity contribution < 1.29 is 4.42 Å². The molecule has 1 nitrogen and oxygen atoms in total. The molecule has 0 amide bonds. The Kier molecular flexibility index (Phi) is 2.12. The van der Waals surface area contributed by atoms with Crippen LogP contribution in [0.1, 0.15) is 0 Å². The fraction of sp³-hybridized carbons (Fsp3) is 0. The first-order valence-electron chi connectivity index (χ1n) is 8.10. The largest absolute Gasteiger partial charge is 0.457 e. The van der Waals surface area contributed by atoms with E-state index in [0.29, 0.717) is 0 Å². The summed E-state index contributed by atoms with van der Waals surface area (Å²) in [6.45, 7) is 0. The van der Waals surface area contributed by atoms with Gasteiger partial charge in [0, 0.05) is 16.3 Å². The van der Waals surface area contributed by atoms with Gasteiger partial charge in [-0.1, -0.05) is 60.7 Å². The molecule has 0 spiro atoms. The van der Waals surface area contributed by atoms with Gasteiger partial charge < -0.3 is 4.42 Å². The molecule has 2 radical (unpaired) electrons. The molecule has 108 valence electrons. The van der Waals surface area contributed by atoms with Crippen LogP contribution in [0.5, 0.6) is 0 Å². The van der Waals surface area contributed by atoms with Crippen molar-refractivity contribution in [1.29, 1.82) is 0 Å². The molecule has 0 saturated heterocycles. The van der Waals surface area contributed by atoms with Crippen LogP contribution in [0.25, 0.3) is 55.0 Å². The maximum atomic E-state index is 6.53. The maximum absolute atomic E-state index is 6.53. The molecule has 1 aliphatic rings. The highest BCUT2D eigenvalue weighted by Crippen LogP contribution is 2.51. The lowest BCUT2D eigenvalue weighted by atomic mass is 9.85. The molecule has 2 heteroatoms. The van der Waals surface area contributed by atoms with E-state index in [4.69, 9.17) is 12.3 Å².